The van der Waals surface area contributed by atoms with Crippen LogP contribution in [0.25, 0.3) is 0 Å². The molecule has 0 saturated carbocycles. The molecule has 0 N–H and O–H groups in total. The summed E-state index contributed by atoms with van der Waals surface area (Å²) >= 11 is 6.11. The summed E-state index contributed by atoms with van der Waals surface area (Å²) < 4.78 is 7.74. The van der Waals surface area contributed by atoms with Crippen LogP contribution in [0.15, 0.2) is 0 Å². The van der Waals surface area contributed by atoms with E-state index in [0.717, 1.165) is 31.8 Å². The minimum atomic E-state index is 0.345. The number of rotatable bonds is 4. The molecular formula is C12H20ClN3O. The number of hydrogen-bond acceptors (Lipinski definition) is 3. The molecule has 0 radical (unpaired) electrons. The lowest BCUT2D eigenvalue weighted by Gasteiger charge is -2.19. The van der Waals surface area contributed by atoms with Gasteiger partial charge < -0.3 is 9.30 Å². The van der Waals surface area contributed by atoms with Crippen molar-refractivity contribution in [1.82, 2.24) is 14.8 Å². The molecule has 1 aromatic rings. The van der Waals surface area contributed by atoms with Gasteiger partial charge in [0.05, 0.1) is 6.10 Å². The quantitative estimate of drug-likeness (QED) is 0.833. The van der Waals surface area contributed by atoms with Gasteiger partial charge in [-0.2, -0.15) is 0 Å². The molecule has 4 nitrogen and oxygen atoms in total. The van der Waals surface area contributed by atoms with Crippen LogP contribution in [0.2, 0.25) is 5.28 Å². The molecule has 2 unspecified atom stereocenters. The highest BCUT2D eigenvalue weighted by atomic mass is 35.5. The molecule has 17 heavy (non-hydrogen) atoms. The highest BCUT2D eigenvalue weighted by Gasteiger charge is 2.28. The van der Waals surface area contributed by atoms with Gasteiger partial charge in [0, 0.05) is 25.0 Å². The Morgan fingerprint density at radius 1 is 1.47 bits per heavy atom. The van der Waals surface area contributed by atoms with Crippen molar-refractivity contribution in [2.75, 3.05) is 6.61 Å². The fourth-order valence-corrected chi connectivity index (χ4v) is 2.67. The van der Waals surface area contributed by atoms with Crippen molar-refractivity contribution in [2.45, 2.75) is 52.2 Å². The van der Waals surface area contributed by atoms with E-state index in [1.807, 2.05) is 4.57 Å². The molecule has 0 aromatic carbocycles. The summed E-state index contributed by atoms with van der Waals surface area (Å²) in [6, 6.07) is 0. The Morgan fingerprint density at radius 3 is 2.88 bits per heavy atom. The third-order valence-corrected chi connectivity index (χ3v) is 3.70. The fourth-order valence-electron chi connectivity index (χ4n) is 2.48. The van der Waals surface area contributed by atoms with Crippen LogP contribution in [0, 0.1) is 5.92 Å². The SMILES string of the molecule is CCC1OCCC1Cn1c(Cl)nnc1C(C)C. The molecule has 0 amide bonds. The van der Waals surface area contributed by atoms with Gasteiger partial charge in [-0.15, -0.1) is 10.2 Å². The van der Waals surface area contributed by atoms with Crippen LogP contribution in [-0.4, -0.2) is 27.5 Å². The molecule has 0 spiro atoms. The van der Waals surface area contributed by atoms with Crippen molar-refractivity contribution in [3.63, 3.8) is 0 Å². The van der Waals surface area contributed by atoms with Crippen LogP contribution < -0.4 is 0 Å². The van der Waals surface area contributed by atoms with Crippen molar-refractivity contribution >= 4 is 11.6 Å². The third kappa shape index (κ3) is 2.63. The van der Waals surface area contributed by atoms with Gasteiger partial charge in [-0.25, -0.2) is 0 Å². The Kier molecular flexibility index (Phi) is 4.05. The van der Waals surface area contributed by atoms with Gasteiger partial charge in [0.15, 0.2) is 0 Å². The molecule has 5 heteroatoms. The molecule has 0 aliphatic carbocycles. The second-order valence-corrected chi connectivity index (χ2v) is 5.30. The van der Waals surface area contributed by atoms with Crippen molar-refractivity contribution in [2.24, 2.45) is 5.92 Å². The van der Waals surface area contributed by atoms with E-state index in [9.17, 15) is 0 Å². The van der Waals surface area contributed by atoms with Crippen LogP contribution >= 0.6 is 11.6 Å². The van der Waals surface area contributed by atoms with Gasteiger partial charge in [-0.1, -0.05) is 20.8 Å². The standard InChI is InChI=1S/C12H20ClN3O/c1-4-10-9(5-6-17-10)7-16-11(8(2)3)14-15-12(16)13/h8-10H,4-7H2,1-3H3. The maximum absolute atomic E-state index is 6.11. The monoisotopic (exact) mass is 257 g/mol. The summed E-state index contributed by atoms with van der Waals surface area (Å²) in [5, 5.41) is 8.61. The molecular weight excluding hydrogens is 238 g/mol. The topological polar surface area (TPSA) is 39.9 Å². The van der Waals surface area contributed by atoms with Gasteiger partial charge in [0.25, 0.3) is 0 Å². The number of hydrogen-bond donors (Lipinski definition) is 0. The maximum Gasteiger partial charge on any atom is 0.225 e. The lowest BCUT2D eigenvalue weighted by Crippen LogP contribution is -2.21. The predicted molar refractivity (Wildman–Crippen MR) is 67.3 cm³/mol. The Morgan fingerprint density at radius 2 is 2.24 bits per heavy atom. The molecule has 1 aromatic heterocycles. The summed E-state index contributed by atoms with van der Waals surface area (Å²) in [6.07, 6.45) is 2.51. The number of ether oxygens (including phenoxy) is 1. The third-order valence-electron chi connectivity index (χ3n) is 3.42. The van der Waals surface area contributed by atoms with Crippen molar-refractivity contribution in [3.8, 4) is 0 Å². The second-order valence-electron chi connectivity index (χ2n) is 4.96. The summed E-state index contributed by atoms with van der Waals surface area (Å²) in [5.74, 6) is 1.85. The summed E-state index contributed by atoms with van der Waals surface area (Å²) in [6.45, 7) is 8.12. The first-order chi connectivity index (χ1) is 8.13. The van der Waals surface area contributed by atoms with Crippen molar-refractivity contribution in [3.05, 3.63) is 11.1 Å². The Hall–Kier alpha value is -0.610. The predicted octanol–water partition coefficient (Wildman–Crippen LogP) is 2.87. The van der Waals surface area contributed by atoms with Gasteiger partial charge >= 0.3 is 0 Å². The second kappa shape index (κ2) is 5.36. The van der Waals surface area contributed by atoms with Crippen LogP contribution in [-0.2, 0) is 11.3 Å². The Bertz CT molecular complexity index is 378. The fraction of sp³-hybridized carbons (Fsp3) is 0.833. The maximum atomic E-state index is 6.11. The lowest BCUT2D eigenvalue weighted by atomic mass is 9.99. The molecule has 1 aliphatic rings. The van der Waals surface area contributed by atoms with Gasteiger partial charge in [-0.05, 0) is 24.4 Å². The summed E-state index contributed by atoms with van der Waals surface area (Å²) in [7, 11) is 0. The molecule has 2 atom stereocenters. The molecule has 1 aliphatic heterocycles. The van der Waals surface area contributed by atoms with Crippen molar-refractivity contribution in [1.29, 1.82) is 0 Å². The Labute approximate surface area is 107 Å². The molecule has 1 fully saturated rings. The lowest BCUT2D eigenvalue weighted by molar-refractivity contribution is 0.0832. The number of nitrogens with zero attached hydrogens (tertiary/aromatic N) is 3. The zero-order valence-corrected chi connectivity index (χ0v) is 11.4. The van der Waals surface area contributed by atoms with E-state index in [1.54, 1.807) is 0 Å². The number of halogens is 1. The van der Waals surface area contributed by atoms with Crippen LogP contribution in [0.3, 0.4) is 0 Å². The van der Waals surface area contributed by atoms with E-state index in [2.05, 4.69) is 31.0 Å². The average molecular weight is 258 g/mol. The van der Waals surface area contributed by atoms with Crippen LogP contribution in [0.1, 0.15) is 45.4 Å². The zero-order valence-electron chi connectivity index (χ0n) is 10.7. The minimum Gasteiger partial charge on any atom is -0.378 e. The number of aromatic nitrogens is 3. The van der Waals surface area contributed by atoms with E-state index >= 15 is 0 Å². The van der Waals surface area contributed by atoms with Gasteiger partial charge in [-0.3, -0.25) is 0 Å². The zero-order chi connectivity index (χ0) is 12.4. The molecule has 0 bridgehead atoms. The highest BCUT2D eigenvalue weighted by Crippen LogP contribution is 2.27. The van der Waals surface area contributed by atoms with E-state index < -0.39 is 0 Å². The summed E-state index contributed by atoms with van der Waals surface area (Å²) in [5.41, 5.74) is 0. The summed E-state index contributed by atoms with van der Waals surface area (Å²) in [4.78, 5) is 0. The normalized spacial score (nSPS) is 24.8. The highest BCUT2D eigenvalue weighted by molar-refractivity contribution is 6.28. The average Bonchev–Trinajstić information content (AvgIpc) is 2.87. The minimum absolute atomic E-state index is 0.345. The van der Waals surface area contributed by atoms with E-state index in [4.69, 9.17) is 16.3 Å². The Balaban J connectivity index is 2.15. The molecule has 1 saturated heterocycles. The van der Waals surface area contributed by atoms with Crippen LogP contribution in [0.4, 0.5) is 0 Å². The van der Waals surface area contributed by atoms with E-state index in [0.29, 0.717) is 23.2 Å². The van der Waals surface area contributed by atoms with E-state index in [-0.39, 0.29) is 0 Å². The molecule has 96 valence electrons. The van der Waals surface area contributed by atoms with E-state index in [1.165, 1.54) is 0 Å². The first kappa shape index (κ1) is 12.8. The van der Waals surface area contributed by atoms with Crippen molar-refractivity contribution < 1.29 is 4.74 Å². The first-order valence-corrected chi connectivity index (χ1v) is 6.71. The van der Waals surface area contributed by atoms with Gasteiger partial charge in [0.2, 0.25) is 5.28 Å². The molecule has 2 rings (SSSR count). The smallest absolute Gasteiger partial charge is 0.225 e. The van der Waals surface area contributed by atoms with Gasteiger partial charge in [0.1, 0.15) is 5.82 Å². The molecule has 2 heterocycles. The van der Waals surface area contributed by atoms with Crippen LogP contribution in [0.5, 0.6) is 0 Å². The largest absolute Gasteiger partial charge is 0.378 e. The first-order valence-electron chi connectivity index (χ1n) is 6.33.